The second-order valence-electron chi connectivity index (χ2n) is 8.05. The lowest BCUT2D eigenvalue weighted by Crippen LogP contribution is -2.40. The van der Waals surface area contributed by atoms with Crippen LogP contribution in [0, 0.1) is 11.7 Å². The highest BCUT2D eigenvalue weighted by Gasteiger charge is 2.26. The number of hydrogen-bond acceptors (Lipinski definition) is 4. The van der Waals surface area contributed by atoms with Crippen molar-refractivity contribution in [3.05, 3.63) is 69.9 Å². The highest BCUT2D eigenvalue weighted by molar-refractivity contribution is 6.01. The van der Waals surface area contributed by atoms with E-state index in [1.807, 2.05) is 0 Å². The first-order valence-electron chi connectivity index (χ1n) is 10.2. The normalized spacial score (nSPS) is 19.0. The van der Waals surface area contributed by atoms with Gasteiger partial charge >= 0.3 is 0 Å². The minimum Gasteiger partial charge on any atom is -0.506 e. The Morgan fingerprint density at radius 3 is 2.60 bits per heavy atom. The summed E-state index contributed by atoms with van der Waals surface area (Å²) in [5.74, 6) is -0.677. The number of aromatic nitrogens is 2. The second kappa shape index (κ2) is 8.26. The highest BCUT2D eigenvalue weighted by atomic mass is 19.1. The number of nitrogens with one attached hydrogen (secondary N) is 1. The van der Waals surface area contributed by atoms with Crippen LogP contribution in [-0.4, -0.2) is 26.6 Å². The number of fused-ring (bicyclic) bond motifs is 1. The van der Waals surface area contributed by atoms with E-state index in [0.29, 0.717) is 16.9 Å². The smallest absolute Gasteiger partial charge is 0.269 e. The molecule has 0 bridgehead atoms. The van der Waals surface area contributed by atoms with Gasteiger partial charge in [0.2, 0.25) is 0 Å². The summed E-state index contributed by atoms with van der Waals surface area (Å²) in [6.45, 7) is 2.29. The lowest BCUT2D eigenvalue weighted by atomic mass is 9.87. The molecule has 0 unspecified atom stereocenters. The van der Waals surface area contributed by atoms with Gasteiger partial charge in [0.1, 0.15) is 22.8 Å². The number of carbonyl (C=O) groups excluding carboxylic acids is 1. The first-order chi connectivity index (χ1) is 14.4. The molecule has 4 rings (SSSR count). The van der Waals surface area contributed by atoms with Crippen molar-refractivity contribution < 1.29 is 14.3 Å². The maximum atomic E-state index is 13.3. The molecule has 0 spiro atoms. The molecule has 0 saturated heterocycles. The van der Waals surface area contributed by atoms with Crippen LogP contribution in [0.1, 0.15) is 48.5 Å². The topological polar surface area (TPSA) is 84.2 Å². The Kier molecular flexibility index (Phi) is 5.53. The van der Waals surface area contributed by atoms with Crippen molar-refractivity contribution in [3.63, 3.8) is 0 Å². The van der Waals surface area contributed by atoms with Crippen LogP contribution in [0.5, 0.6) is 5.75 Å². The van der Waals surface area contributed by atoms with Crippen LogP contribution >= 0.6 is 0 Å². The molecule has 1 amide bonds. The zero-order valence-electron chi connectivity index (χ0n) is 16.8. The predicted molar refractivity (Wildman–Crippen MR) is 112 cm³/mol. The van der Waals surface area contributed by atoms with Crippen LogP contribution in [0.4, 0.5) is 4.39 Å². The van der Waals surface area contributed by atoms with Crippen LogP contribution < -0.4 is 10.9 Å². The molecular formula is C23H24FN3O3. The monoisotopic (exact) mass is 409 g/mol. The molecule has 2 N–H and O–H groups in total. The summed E-state index contributed by atoms with van der Waals surface area (Å²) in [7, 11) is 0. The molecule has 2 aromatic heterocycles. The third-order valence-corrected chi connectivity index (χ3v) is 5.83. The third kappa shape index (κ3) is 3.92. The molecule has 1 aliphatic carbocycles. The van der Waals surface area contributed by atoms with E-state index < -0.39 is 11.5 Å². The van der Waals surface area contributed by atoms with Gasteiger partial charge in [0, 0.05) is 12.2 Å². The molecule has 0 atom stereocenters. The van der Waals surface area contributed by atoms with Gasteiger partial charge in [-0.15, -0.1) is 0 Å². The van der Waals surface area contributed by atoms with Crippen molar-refractivity contribution in [2.45, 2.75) is 45.2 Å². The van der Waals surface area contributed by atoms with Crippen LogP contribution in [0.3, 0.4) is 0 Å². The van der Waals surface area contributed by atoms with E-state index in [1.165, 1.54) is 22.9 Å². The number of amides is 1. The van der Waals surface area contributed by atoms with Gasteiger partial charge in [-0.05, 0) is 61.4 Å². The van der Waals surface area contributed by atoms with E-state index in [9.17, 15) is 19.1 Å². The number of halogens is 1. The predicted octanol–water partition coefficient (Wildman–Crippen LogP) is 3.60. The van der Waals surface area contributed by atoms with Gasteiger partial charge in [0.25, 0.3) is 11.5 Å². The zero-order valence-corrected chi connectivity index (χ0v) is 16.8. The van der Waals surface area contributed by atoms with Crippen LogP contribution in [0.15, 0.2) is 47.4 Å². The molecule has 1 aromatic carbocycles. The van der Waals surface area contributed by atoms with E-state index in [0.717, 1.165) is 25.7 Å². The number of carbonyl (C=O) groups is 1. The van der Waals surface area contributed by atoms with Gasteiger partial charge in [0.15, 0.2) is 0 Å². The van der Waals surface area contributed by atoms with E-state index in [-0.39, 0.29) is 35.4 Å². The van der Waals surface area contributed by atoms with Crippen molar-refractivity contribution in [1.82, 2.24) is 14.9 Å². The second-order valence-corrected chi connectivity index (χ2v) is 8.05. The average molecular weight is 409 g/mol. The first kappa shape index (κ1) is 20.1. The molecule has 0 aliphatic heterocycles. The number of benzene rings is 1. The van der Waals surface area contributed by atoms with Crippen molar-refractivity contribution in [3.8, 4) is 5.75 Å². The van der Waals surface area contributed by atoms with Gasteiger partial charge in [-0.1, -0.05) is 19.1 Å². The first-order valence-corrected chi connectivity index (χ1v) is 10.2. The fourth-order valence-electron chi connectivity index (χ4n) is 4.05. The Morgan fingerprint density at radius 2 is 1.90 bits per heavy atom. The molecule has 7 heteroatoms. The van der Waals surface area contributed by atoms with Crippen molar-refractivity contribution in [2.24, 2.45) is 5.92 Å². The lowest BCUT2D eigenvalue weighted by molar-refractivity contribution is 0.0918. The fourth-order valence-corrected chi connectivity index (χ4v) is 4.05. The Hall–Kier alpha value is -3.22. The Labute approximate surface area is 173 Å². The minimum absolute atomic E-state index is 0.0114. The number of aromatic hydroxyl groups is 1. The summed E-state index contributed by atoms with van der Waals surface area (Å²) < 4.78 is 14.6. The van der Waals surface area contributed by atoms with Gasteiger partial charge in [0.05, 0.1) is 11.9 Å². The van der Waals surface area contributed by atoms with Crippen molar-refractivity contribution in [2.75, 3.05) is 0 Å². The third-order valence-electron chi connectivity index (χ3n) is 5.83. The van der Waals surface area contributed by atoms with Gasteiger partial charge < -0.3 is 10.4 Å². The molecule has 1 aliphatic rings. The van der Waals surface area contributed by atoms with Gasteiger partial charge in [-0.3, -0.25) is 14.2 Å². The minimum atomic E-state index is -0.621. The summed E-state index contributed by atoms with van der Waals surface area (Å²) in [5, 5.41) is 14.0. The SMILES string of the molecule is CC1CCC(NC(=O)c2c(O)c3cccnc3n(Cc3ccc(F)cc3)c2=O)CC1. The Balaban J connectivity index is 1.75. The summed E-state index contributed by atoms with van der Waals surface area (Å²) in [6.07, 6.45) is 5.27. The highest BCUT2D eigenvalue weighted by Crippen LogP contribution is 2.27. The molecule has 6 nitrogen and oxygen atoms in total. The number of pyridine rings is 2. The number of nitrogens with zero attached hydrogens (tertiary/aromatic N) is 2. The molecule has 2 heterocycles. The van der Waals surface area contributed by atoms with E-state index >= 15 is 0 Å². The zero-order chi connectivity index (χ0) is 21.3. The van der Waals surface area contributed by atoms with Gasteiger partial charge in [-0.25, -0.2) is 9.37 Å². The Bertz CT molecular complexity index is 1130. The Morgan fingerprint density at radius 1 is 1.20 bits per heavy atom. The maximum absolute atomic E-state index is 13.3. The summed E-state index contributed by atoms with van der Waals surface area (Å²) >= 11 is 0. The van der Waals surface area contributed by atoms with Gasteiger partial charge in [-0.2, -0.15) is 0 Å². The van der Waals surface area contributed by atoms with E-state index in [2.05, 4.69) is 17.2 Å². The average Bonchev–Trinajstić information content (AvgIpc) is 2.74. The fraction of sp³-hybridized carbons (Fsp3) is 0.348. The molecule has 30 heavy (non-hydrogen) atoms. The molecule has 1 fully saturated rings. The quantitative estimate of drug-likeness (QED) is 0.690. The molecule has 156 valence electrons. The van der Waals surface area contributed by atoms with Crippen LogP contribution in [0.2, 0.25) is 0 Å². The standard InChI is InChI=1S/C23H24FN3O3/c1-14-4-10-17(11-5-14)26-22(29)19-20(28)18-3-2-12-25-21(18)27(23(19)30)13-15-6-8-16(24)9-7-15/h2-3,6-9,12,14,17,28H,4-5,10-11,13H2,1H3,(H,26,29). The van der Waals surface area contributed by atoms with E-state index in [1.54, 1.807) is 24.3 Å². The summed E-state index contributed by atoms with van der Waals surface area (Å²) in [4.78, 5) is 30.5. The molecule has 1 saturated carbocycles. The number of hydrogen-bond donors (Lipinski definition) is 2. The van der Waals surface area contributed by atoms with Crippen LogP contribution in [-0.2, 0) is 6.54 Å². The molecule has 0 radical (unpaired) electrons. The summed E-state index contributed by atoms with van der Waals surface area (Å²) in [6, 6.07) is 9.03. The van der Waals surface area contributed by atoms with E-state index in [4.69, 9.17) is 0 Å². The van der Waals surface area contributed by atoms with Crippen molar-refractivity contribution >= 4 is 16.9 Å². The molecular weight excluding hydrogens is 385 g/mol. The summed E-state index contributed by atoms with van der Waals surface area (Å²) in [5.41, 5.74) is 0.0528. The van der Waals surface area contributed by atoms with Crippen molar-refractivity contribution in [1.29, 1.82) is 0 Å². The molecule has 3 aromatic rings. The lowest BCUT2D eigenvalue weighted by Gasteiger charge is -2.27. The maximum Gasteiger partial charge on any atom is 0.269 e. The number of rotatable bonds is 4. The van der Waals surface area contributed by atoms with Crippen LogP contribution in [0.25, 0.3) is 11.0 Å². The largest absolute Gasteiger partial charge is 0.506 e.